The van der Waals surface area contributed by atoms with Crippen molar-refractivity contribution in [3.8, 4) is 0 Å². The van der Waals surface area contributed by atoms with Crippen LogP contribution >= 0.6 is 0 Å². The molecular formula is C13H25N3O3. The molecule has 1 saturated heterocycles. The lowest BCUT2D eigenvalue weighted by molar-refractivity contribution is -0.151. The third-order valence-corrected chi connectivity index (χ3v) is 4.02. The van der Waals surface area contributed by atoms with Crippen molar-refractivity contribution in [3.05, 3.63) is 0 Å². The van der Waals surface area contributed by atoms with Crippen LogP contribution in [-0.4, -0.2) is 55.2 Å². The van der Waals surface area contributed by atoms with Gasteiger partial charge in [-0.15, -0.1) is 0 Å². The normalized spacial score (nSPS) is 18.1. The van der Waals surface area contributed by atoms with Crippen molar-refractivity contribution in [3.63, 3.8) is 0 Å². The molecule has 1 aliphatic rings. The first-order chi connectivity index (χ1) is 9.05. The second-order valence-corrected chi connectivity index (χ2v) is 5.12. The monoisotopic (exact) mass is 271 g/mol. The van der Waals surface area contributed by atoms with E-state index in [1.807, 2.05) is 14.0 Å². The van der Waals surface area contributed by atoms with Gasteiger partial charge in [-0.05, 0) is 39.3 Å². The highest BCUT2D eigenvalue weighted by molar-refractivity contribution is 5.77. The highest BCUT2D eigenvalue weighted by Crippen LogP contribution is 2.35. The average molecular weight is 271 g/mol. The van der Waals surface area contributed by atoms with E-state index in [-0.39, 0.29) is 6.03 Å². The van der Waals surface area contributed by atoms with Crippen LogP contribution < -0.4 is 10.6 Å². The van der Waals surface area contributed by atoms with Crippen molar-refractivity contribution in [1.29, 1.82) is 0 Å². The highest BCUT2D eigenvalue weighted by atomic mass is 16.4. The minimum Gasteiger partial charge on any atom is -0.481 e. The number of carbonyl (C=O) groups is 2. The second kappa shape index (κ2) is 7.33. The topological polar surface area (TPSA) is 81.7 Å². The third kappa shape index (κ3) is 4.09. The molecule has 0 bridgehead atoms. The van der Waals surface area contributed by atoms with Gasteiger partial charge in [0.2, 0.25) is 0 Å². The molecule has 2 amide bonds. The average Bonchev–Trinajstić information content (AvgIpc) is 2.43. The SMILES string of the molecule is CCC1(C(=O)O)CCN(C(=O)NCCCNC)CC1. The quantitative estimate of drug-likeness (QED) is 0.626. The number of carbonyl (C=O) groups excluding carboxylic acids is 1. The first kappa shape index (κ1) is 15.8. The predicted octanol–water partition coefficient (Wildman–Crippen LogP) is 0.882. The Kier molecular flexibility index (Phi) is 6.08. The summed E-state index contributed by atoms with van der Waals surface area (Å²) in [6, 6.07) is -0.0776. The summed E-state index contributed by atoms with van der Waals surface area (Å²) in [5.74, 6) is -0.732. The number of piperidine rings is 1. The Morgan fingerprint density at radius 1 is 1.26 bits per heavy atom. The van der Waals surface area contributed by atoms with E-state index in [4.69, 9.17) is 0 Å². The molecule has 0 aromatic carbocycles. The Hall–Kier alpha value is -1.30. The third-order valence-electron chi connectivity index (χ3n) is 4.02. The van der Waals surface area contributed by atoms with Gasteiger partial charge in [-0.25, -0.2) is 4.79 Å². The van der Waals surface area contributed by atoms with E-state index in [0.717, 1.165) is 13.0 Å². The van der Waals surface area contributed by atoms with Crippen molar-refractivity contribution in [2.75, 3.05) is 33.2 Å². The van der Waals surface area contributed by atoms with Crippen LogP contribution in [0.25, 0.3) is 0 Å². The lowest BCUT2D eigenvalue weighted by atomic mass is 9.76. The number of urea groups is 1. The van der Waals surface area contributed by atoms with Gasteiger partial charge in [-0.2, -0.15) is 0 Å². The molecule has 0 radical (unpaired) electrons. The number of amides is 2. The maximum absolute atomic E-state index is 11.9. The number of hydrogen-bond donors (Lipinski definition) is 3. The number of nitrogens with zero attached hydrogens (tertiary/aromatic N) is 1. The molecule has 0 aromatic rings. The molecule has 19 heavy (non-hydrogen) atoms. The van der Waals surface area contributed by atoms with Crippen LogP contribution in [-0.2, 0) is 4.79 Å². The zero-order chi connectivity index (χ0) is 14.3. The van der Waals surface area contributed by atoms with Gasteiger partial charge >= 0.3 is 12.0 Å². The summed E-state index contributed by atoms with van der Waals surface area (Å²) < 4.78 is 0. The summed E-state index contributed by atoms with van der Waals surface area (Å²) >= 11 is 0. The number of carboxylic acid groups (broad SMARTS) is 1. The number of hydrogen-bond acceptors (Lipinski definition) is 3. The Morgan fingerprint density at radius 3 is 2.37 bits per heavy atom. The minimum atomic E-state index is -0.732. The number of carboxylic acids is 1. The summed E-state index contributed by atoms with van der Waals surface area (Å²) in [6.07, 6.45) is 2.61. The lowest BCUT2D eigenvalue weighted by Crippen LogP contribution is -2.49. The fraction of sp³-hybridized carbons (Fsp3) is 0.846. The van der Waals surface area contributed by atoms with E-state index in [1.54, 1.807) is 4.90 Å². The van der Waals surface area contributed by atoms with Gasteiger partial charge in [-0.3, -0.25) is 4.79 Å². The fourth-order valence-electron chi connectivity index (χ4n) is 2.43. The summed E-state index contributed by atoms with van der Waals surface area (Å²) in [5, 5.41) is 15.2. The Balaban J connectivity index is 2.36. The van der Waals surface area contributed by atoms with Crippen LogP contribution in [0.3, 0.4) is 0 Å². The largest absolute Gasteiger partial charge is 0.481 e. The molecule has 3 N–H and O–H groups in total. The van der Waals surface area contributed by atoms with E-state index in [0.29, 0.717) is 38.9 Å². The van der Waals surface area contributed by atoms with Crippen molar-refractivity contribution < 1.29 is 14.7 Å². The van der Waals surface area contributed by atoms with Gasteiger partial charge in [0.15, 0.2) is 0 Å². The summed E-state index contributed by atoms with van der Waals surface area (Å²) in [5.41, 5.74) is -0.636. The molecule has 0 aliphatic carbocycles. The number of nitrogens with one attached hydrogen (secondary N) is 2. The lowest BCUT2D eigenvalue weighted by Gasteiger charge is -2.38. The highest BCUT2D eigenvalue weighted by Gasteiger charge is 2.40. The van der Waals surface area contributed by atoms with Gasteiger partial charge < -0.3 is 20.6 Å². The maximum Gasteiger partial charge on any atom is 0.317 e. The molecule has 0 aromatic heterocycles. The second-order valence-electron chi connectivity index (χ2n) is 5.12. The molecule has 6 nitrogen and oxygen atoms in total. The van der Waals surface area contributed by atoms with Crippen LogP contribution in [0.4, 0.5) is 4.79 Å². The van der Waals surface area contributed by atoms with Crippen LogP contribution in [0.2, 0.25) is 0 Å². The van der Waals surface area contributed by atoms with Gasteiger partial charge in [0.1, 0.15) is 0 Å². The van der Waals surface area contributed by atoms with Gasteiger partial charge in [0, 0.05) is 19.6 Å². The van der Waals surface area contributed by atoms with E-state index >= 15 is 0 Å². The summed E-state index contributed by atoms with van der Waals surface area (Å²) in [4.78, 5) is 24.9. The molecule has 6 heteroatoms. The van der Waals surface area contributed by atoms with Crippen LogP contribution in [0, 0.1) is 5.41 Å². The molecule has 1 rings (SSSR count). The Bertz CT molecular complexity index is 312. The molecule has 1 aliphatic heterocycles. The Morgan fingerprint density at radius 2 is 1.89 bits per heavy atom. The zero-order valence-corrected chi connectivity index (χ0v) is 11.9. The molecule has 110 valence electrons. The van der Waals surface area contributed by atoms with Crippen LogP contribution in [0.1, 0.15) is 32.6 Å². The van der Waals surface area contributed by atoms with Crippen molar-refractivity contribution in [2.24, 2.45) is 5.41 Å². The van der Waals surface area contributed by atoms with E-state index in [1.165, 1.54) is 0 Å². The predicted molar refractivity (Wildman–Crippen MR) is 73.1 cm³/mol. The standard InChI is InChI=1S/C13H25N3O3/c1-3-13(11(17)18)5-9-16(10-6-13)12(19)15-8-4-7-14-2/h14H,3-10H2,1-2H3,(H,15,19)(H,17,18). The van der Waals surface area contributed by atoms with E-state index in [2.05, 4.69) is 10.6 Å². The Labute approximate surface area is 114 Å². The first-order valence-corrected chi connectivity index (χ1v) is 6.96. The zero-order valence-electron chi connectivity index (χ0n) is 11.9. The summed E-state index contributed by atoms with van der Waals surface area (Å²) in [6.45, 7) is 4.48. The number of likely N-dealkylation sites (tertiary alicyclic amines) is 1. The minimum absolute atomic E-state index is 0.0776. The molecule has 1 heterocycles. The molecule has 0 saturated carbocycles. The van der Waals surface area contributed by atoms with E-state index in [9.17, 15) is 14.7 Å². The maximum atomic E-state index is 11.9. The van der Waals surface area contributed by atoms with Gasteiger partial charge in [0.05, 0.1) is 5.41 Å². The van der Waals surface area contributed by atoms with Gasteiger partial charge in [0.25, 0.3) is 0 Å². The molecule has 1 fully saturated rings. The molecular weight excluding hydrogens is 246 g/mol. The summed E-state index contributed by atoms with van der Waals surface area (Å²) in [7, 11) is 1.88. The van der Waals surface area contributed by atoms with Crippen LogP contribution in [0.15, 0.2) is 0 Å². The number of aliphatic carboxylic acids is 1. The first-order valence-electron chi connectivity index (χ1n) is 6.96. The molecule has 0 atom stereocenters. The van der Waals surface area contributed by atoms with Gasteiger partial charge in [-0.1, -0.05) is 6.92 Å². The number of rotatable bonds is 6. The van der Waals surface area contributed by atoms with Crippen molar-refractivity contribution in [2.45, 2.75) is 32.6 Å². The fourth-order valence-corrected chi connectivity index (χ4v) is 2.43. The smallest absolute Gasteiger partial charge is 0.317 e. The van der Waals surface area contributed by atoms with Crippen molar-refractivity contribution >= 4 is 12.0 Å². The molecule has 0 spiro atoms. The van der Waals surface area contributed by atoms with Crippen molar-refractivity contribution in [1.82, 2.24) is 15.5 Å². The molecule has 0 unspecified atom stereocenters. The van der Waals surface area contributed by atoms with E-state index < -0.39 is 11.4 Å². The van der Waals surface area contributed by atoms with Crippen LogP contribution in [0.5, 0.6) is 0 Å².